The topological polar surface area (TPSA) is 73.6 Å². The third-order valence-electron chi connectivity index (χ3n) is 5.27. The number of amides is 2. The first-order valence-corrected chi connectivity index (χ1v) is 9.84. The maximum Gasteiger partial charge on any atom is 0.337 e. The van der Waals surface area contributed by atoms with E-state index in [9.17, 15) is 14.0 Å². The molecule has 2 amide bonds. The second-order valence-corrected chi connectivity index (χ2v) is 7.25. The van der Waals surface area contributed by atoms with Crippen LogP contribution < -0.4 is 4.90 Å². The molecule has 0 bridgehead atoms. The summed E-state index contributed by atoms with van der Waals surface area (Å²) in [5.74, 6) is 1.84. The smallest absolute Gasteiger partial charge is 0.337 e. The van der Waals surface area contributed by atoms with Crippen molar-refractivity contribution in [3.8, 4) is 5.97 Å². The largest absolute Gasteiger partial charge is 0.465 e. The highest BCUT2D eigenvalue weighted by atomic mass is 19.1. The summed E-state index contributed by atoms with van der Waals surface area (Å²) in [7, 11) is 1.32. The summed E-state index contributed by atoms with van der Waals surface area (Å²) < 4.78 is 17.9. The summed E-state index contributed by atoms with van der Waals surface area (Å²) in [6.07, 6.45) is 1.29. The monoisotopic (exact) mass is 407 g/mol. The van der Waals surface area contributed by atoms with Crippen LogP contribution in [0.4, 0.5) is 14.9 Å². The molecule has 0 unspecified atom stereocenters. The standard InChI is InChI=1S/C22H23BFN3O3/c1-30-21(28)19-7-5-17(6-8-19)15-27(20-4-2-3-18(13-20)14-24)22(29)26-11-9-23(16-25)10-12-26/h2-8,13H,9-12,14-15H2,1H3. The SMILES string of the molecule is COC(=O)c1ccc(CN(C(=O)N2CCB(C#N)CC2)c2cccc(CF)c2)cc1. The fourth-order valence-corrected chi connectivity index (χ4v) is 3.49. The molecule has 154 valence electrons. The lowest BCUT2D eigenvalue weighted by atomic mass is 9.45. The van der Waals surface area contributed by atoms with E-state index >= 15 is 0 Å². The number of nitrogens with zero attached hydrogens (tertiary/aromatic N) is 3. The Morgan fingerprint density at radius 2 is 1.87 bits per heavy atom. The van der Waals surface area contributed by atoms with Crippen LogP contribution in [-0.2, 0) is 18.0 Å². The van der Waals surface area contributed by atoms with E-state index in [1.807, 2.05) is 0 Å². The molecule has 0 spiro atoms. The van der Waals surface area contributed by atoms with Crippen LogP contribution in [0.1, 0.15) is 21.5 Å². The van der Waals surface area contributed by atoms with Crippen LogP contribution in [0, 0.1) is 11.2 Å². The number of nitriles is 1. The van der Waals surface area contributed by atoms with Gasteiger partial charge in [0.2, 0.25) is 0 Å². The molecule has 1 fully saturated rings. The molecule has 8 heteroatoms. The third-order valence-corrected chi connectivity index (χ3v) is 5.27. The molecular weight excluding hydrogens is 384 g/mol. The summed E-state index contributed by atoms with van der Waals surface area (Å²) in [4.78, 5) is 28.3. The summed E-state index contributed by atoms with van der Waals surface area (Å²) in [6, 6.07) is 13.5. The van der Waals surface area contributed by atoms with Crippen molar-refractivity contribution in [3.63, 3.8) is 0 Å². The molecule has 2 aromatic carbocycles. The summed E-state index contributed by atoms with van der Waals surface area (Å²) >= 11 is 0. The van der Waals surface area contributed by atoms with Gasteiger partial charge in [-0.1, -0.05) is 24.3 Å². The quantitative estimate of drug-likeness (QED) is 0.556. The van der Waals surface area contributed by atoms with E-state index in [1.165, 1.54) is 7.11 Å². The number of carbonyl (C=O) groups excluding carboxylic acids is 2. The second-order valence-electron chi connectivity index (χ2n) is 7.25. The van der Waals surface area contributed by atoms with Gasteiger partial charge in [-0.2, -0.15) is 0 Å². The number of hydrogen-bond donors (Lipinski definition) is 0. The zero-order valence-electron chi connectivity index (χ0n) is 16.9. The summed E-state index contributed by atoms with van der Waals surface area (Å²) in [5, 5.41) is 9.10. The van der Waals surface area contributed by atoms with E-state index in [2.05, 4.69) is 5.97 Å². The van der Waals surface area contributed by atoms with Crippen LogP contribution >= 0.6 is 0 Å². The van der Waals surface area contributed by atoms with Crippen molar-refractivity contribution < 1.29 is 18.7 Å². The molecule has 0 aliphatic carbocycles. The van der Waals surface area contributed by atoms with Crippen LogP contribution in [0.5, 0.6) is 0 Å². The number of urea groups is 1. The van der Waals surface area contributed by atoms with E-state index in [-0.39, 0.29) is 19.3 Å². The predicted octanol–water partition coefficient (Wildman–Crippen LogP) is 3.94. The molecule has 6 nitrogen and oxygen atoms in total. The molecule has 0 atom stereocenters. The summed E-state index contributed by atoms with van der Waals surface area (Å²) in [5.41, 5.74) is 2.36. The average molecular weight is 407 g/mol. The van der Waals surface area contributed by atoms with E-state index in [1.54, 1.807) is 58.3 Å². The Kier molecular flexibility index (Phi) is 7.07. The minimum absolute atomic E-state index is 0.0248. The molecule has 1 aliphatic rings. The zero-order valence-corrected chi connectivity index (χ0v) is 16.9. The lowest BCUT2D eigenvalue weighted by Crippen LogP contribution is -2.47. The minimum Gasteiger partial charge on any atom is -0.465 e. The van der Waals surface area contributed by atoms with Gasteiger partial charge in [-0.25, -0.2) is 19.2 Å². The molecule has 0 aromatic heterocycles. The number of carbonyl (C=O) groups is 2. The summed E-state index contributed by atoms with van der Waals surface area (Å²) in [6.45, 7) is 0.657. The highest BCUT2D eigenvalue weighted by molar-refractivity contribution is 6.67. The van der Waals surface area contributed by atoms with Crippen molar-refractivity contribution in [2.45, 2.75) is 25.9 Å². The van der Waals surface area contributed by atoms with Gasteiger partial charge in [0.05, 0.1) is 19.2 Å². The van der Waals surface area contributed by atoms with Gasteiger partial charge in [-0.3, -0.25) is 4.90 Å². The minimum atomic E-state index is -0.614. The molecule has 30 heavy (non-hydrogen) atoms. The first-order valence-electron chi connectivity index (χ1n) is 9.84. The van der Waals surface area contributed by atoms with Crippen LogP contribution in [0.15, 0.2) is 48.5 Å². The number of methoxy groups -OCH3 is 1. The molecule has 1 heterocycles. The van der Waals surface area contributed by atoms with Gasteiger partial charge in [0.25, 0.3) is 6.71 Å². The molecule has 2 aromatic rings. The maximum atomic E-state index is 13.3. The Bertz CT molecular complexity index is 937. The number of benzene rings is 2. The van der Waals surface area contributed by atoms with Crippen molar-refractivity contribution in [1.29, 1.82) is 5.26 Å². The molecule has 0 saturated carbocycles. The Hall–Kier alpha value is -3.34. The van der Waals surface area contributed by atoms with Gasteiger partial charge in [0, 0.05) is 24.7 Å². The highest BCUT2D eigenvalue weighted by Crippen LogP contribution is 2.23. The van der Waals surface area contributed by atoms with Gasteiger partial charge in [0.15, 0.2) is 0 Å². The number of esters is 1. The van der Waals surface area contributed by atoms with Crippen molar-refractivity contribution in [2.75, 3.05) is 25.1 Å². The van der Waals surface area contributed by atoms with Crippen molar-refractivity contribution >= 4 is 24.4 Å². The van der Waals surface area contributed by atoms with Crippen molar-refractivity contribution in [1.82, 2.24) is 4.90 Å². The lowest BCUT2D eigenvalue weighted by Gasteiger charge is -2.34. The molecule has 1 saturated heterocycles. The molecule has 0 radical (unpaired) electrons. The Morgan fingerprint density at radius 3 is 2.47 bits per heavy atom. The average Bonchev–Trinajstić information content (AvgIpc) is 2.82. The van der Waals surface area contributed by atoms with Crippen LogP contribution in [0.2, 0.25) is 12.6 Å². The second kappa shape index (κ2) is 9.92. The number of hydrogen-bond acceptors (Lipinski definition) is 4. The zero-order chi connectivity index (χ0) is 21.5. The van der Waals surface area contributed by atoms with Crippen LogP contribution in [0.25, 0.3) is 0 Å². The van der Waals surface area contributed by atoms with Gasteiger partial charge >= 0.3 is 12.0 Å². The molecule has 0 N–H and O–H groups in total. The van der Waals surface area contributed by atoms with Gasteiger partial charge < -0.3 is 9.64 Å². The van der Waals surface area contributed by atoms with Crippen LogP contribution in [0.3, 0.4) is 0 Å². The Labute approximate surface area is 175 Å². The fraction of sp³-hybridized carbons (Fsp3) is 0.318. The first-order chi connectivity index (χ1) is 14.5. The van der Waals surface area contributed by atoms with E-state index in [0.29, 0.717) is 42.5 Å². The predicted molar refractivity (Wildman–Crippen MR) is 113 cm³/mol. The molecule has 3 rings (SSSR count). The fourth-order valence-electron chi connectivity index (χ4n) is 3.49. The Balaban J connectivity index is 1.85. The highest BCUT2D eigenvalue weighted by Gasteiger charge is 2.29. The lowest BCUT2D eigenvalue weighted by molar-refractivity contribution is 0.0600. The number of halogens is 1. The van der Waals surface area contributed by atoms with Crippen molar-refractivity contribution in [2.24, 2.45) is 0 Å². The number of ether oxygens (including phenoxy) is 1. The van der Waals surface area contributed by atoms with E-state index in [0.717, 1.165) is 5.56 Å². The van der Waals surface area contributed by atoms with Crippen molar-refractivity contribution in [3.05, 3.63) is 65.2 Å². The van der Waals surface area contributed by atoms with Gasteiger partial charge in [0.1, 0.15) is 6.67 Å². The Morgan fingerprint density at radius 1 is 1.17 bits per heavy atom. The maximum absolute atomic E-state index is 13.3. The first kappa shape index (κ1) is 21.4. The van der Waals surface area contributed by atoms with Gasteiger partial charge in [-0.15, -0.1) is 0 Å². The van der Waals surface area contributed by atoms with Crippen LogP contribution in [-0.4, -0.2) is 43.8 Å². The van der Waals surface area contributed by atoms with E-state index < -0.39 is 12.6 Å². The molecule has 1 aliphatic heterocycles. The molecular formula is C22H23BFN3O3. The number of alkyl halides is 1. The third kappa shape index (κ3) is 4.98. The normalized spacial score (nSPS) is 13.5. The van der Waals surface area contributed by atoms with Gasteiger partial charge in [-0.05, 0) is 48.0 Å². The number of rotatable bonds is 5. The number of anilines is 1. The van der Waals surface area contributed by atoms with E-state index in [4.69, 9.17) is 10.00 Å².